The Bertz CT molecular complexity index is 661. The fraction of sp³-hybridized carbons (Fsp3) is 0.412. The average Bonchev–Trinajstić information content (AvgIpc) is 2.59. The van der Waals surface area contributed by atoms with Gasteiger partial charge in [0.25, 0.3) is 11.8 Å². The lowest BCUT2D eigenvalue weighted by molar-refractivity contribution is -0.150. The molecule has 0 bridgehead atoms. The van der Waals surface area contributed by atoms with E-state index in [0.29, 0.717) is 17.0 Å². The van der Waals surface area contributed by atoms with E-state index in [4.69, 9.17) is 16.3 Å². The molecule has 0 spiro atoms. The Hall–Kier alpha value is -2.61. The van der Waals surface area contributed by atoms with Gasteiger partial charge in [0.05, 0.1) is 0 Å². The van der Waals surface area contributed by atoms with Crippen molar-refractivity contribution in [2.24, 2.45) is 5.92 Å². The first-order valence-corrected chi connectivity index (χ1v) is 8.35. The highest BCUT2D eigenvalue weighted by Gasteiger charge is 2.25. The fourth-order valence-electron chi connectivity index (χ4n) is 1.99. The minimum Gasteiger partial charge on any atom is -0.454 e. The van der Waals surface area contributed by atoms with E-state index in [1.54, 1.807) is 12.1 Å². The van der Waals surface area contributed by atoms with Crippen molar-refractivity contribution in [1.29, 1.82) is 0 Å². The summed E-state index contributed by atoms with van der Waals surface area (Å²) in [5.41, 5.74) is 0.341. The highest BCUT2D eigenvalue weighted by molar-refractivity contribution is 6.30. The molecule has 1 aromatic rings. The molecule has 1 atom stereocenters. The van der Waals surface area contributed by atoms with Gasteiger partial charge in [-0.2, -0.15) is 0 Å². The van der Waals surface area contributed by atoms with Crippen LogP contribution in [0, 0.1) is 5.92 Å². The van der Waals surface area contributed by atoms with E-state index in [0.717, 1.165) is 0 Å². The number of nitrogens with one attached hydrogen (secondary N) is 3. The predicted molar refractivity (Wildman–Crippen MR) is 95.7 cm³/mol. The zero-order valence-corrected chi connectivity index (χ0v) is 15.6. The van der Waals surface area contributed by atoms with Gasteiger partial charge in [0.1, 0.15) is 6.04 Å². The van der Waals surface area contributed by atoms with Crippen LogP contribution in [0.5, 0.6) is 0 Å². The van der Waals surface area contributed by atoms with Gasteiger partial charge in [-0.15, -0.1) is 0 Å². The van der Waals surface area contributed by atoms with E-state index in [9.17, 15) is 19.2 Å². The largest absolute Gasteiger partial charge is 0.454 e. The standard InChI is InChI=1S/C17H22ClN3O5/c1-10(2)8-13(16(24)26-9-14(22)21-17(25)19-3)20-15(23)11-4-6-12(18)7-5-11/h4-7,10,13H,8-9H2,1-3H3,(H,20,23)(H2,19,21,22,25)/t13-/m0/s1. The molecule has 26 heavy (non-hydrogen) atoms. The third-order valence-electron chi connectivity index (χ3n) is 3.23. The molecule has 0 aliphatic rings. The lowest BCUT2D eigenvalue weighted by atomic mass is 10.0. The Morgan fingerprint density at radius 3 is 2.27 bits per heavy atom. The SMILES string of the molecule is CNC(=O)NC(=O)COC(=O)[C@H](CC(C)C)NC(=O)c1ccc(Cl)cc1. The number of rotatable bonds is 7. The third-order valence-corrected chi connectivity index (χ3v) is 3.48. The van der Waals surface area contributed by atoms with Crippen molar-refractivity contribution in [2.75, 3.05) is 13.7 Å². The van der Waals surface area contributed by atoms with Crippen molar-refractivity contribution < 1.29 is 23.9 Å². The van der Waals surface area contributed by atoms with E-state index in [-0.39, 0.29) is 5.92 Å². The molecule has 0 fully saturated rings. The Kier molecular flexibility index (Phi) is 8.57. The van der Waals surface area contributed by atoms with Crippen LogP contribution in [0.3, 0.4) is 0 Å². The maximum atomic E-state index is 12.3. The van der Waals surface area contributed by atoms with Crippen LogP contribution in [0.25, 0.3) is 0 Å². The van der Waals surface area contributed by atoms with E-state index in [1.165, 1.54) is 19.2 Å². The highest BCUT2D eigenvalue weighted by Crippen LogP contribution is 2.11. The first-order valence-electron chi connectivity index (χ1n) is 7.97. The zero-order chi connectivity index (χ0) is 19.7. The maximum Gasteiger partial charge on any atom is 0.329 e. The molecule has 0 aliphatic carbocycles. The number of carbonyl (C=O) groups excluding carboxylic acids is 4. The van der Waals surface area contributed by atoms with E-state index in [2.05, 4.69) is 10.6 Å². The molecule has 0 aliphatic heterocycles. The van der Waals surface area contributed by atoms with Gasteiger partial charge in [0.15, 0.2) is 6.61 Å². The monoisotopic (exact) mass is 383 g/mol. The molecular formula is C17H22ClN3O5. The van der Waals surface area contributed by atoms with Gasteiger partial charge in [0, 0.05) is 17.6 Å². The highest BCUT2D eigenvalue weighted by atomic mass is 35.5. The van der Waals surface area contributed by atoms with Crippen LogP contribution in [0.15, 0.2) is 24.3 Å². The van der Waals surface area contributed by atoms with Crippen LogP contribution >= 0.6 is 11.6 Å². The van der Waals surface area contributed by atoms with Gasteiger partial charge >= 0.3 is 12.0 Å². The first-order chi connectivity index (χ1) is 12.2. The number of ether oxygens (including phenoxy) is 1. The Balaban J connectivity index is 2.68. The van der Waals surface area contributed by atoms with E-state index < -0.39 is 36.5 Å². The number of halogens is 1. The predicted octanol–water partition coefficient (Wildman–Crippen LogP) is 1.48. The van der Waals surface area contributed by atoms with Gasteiger partial charge in [-0.25, -0.2) is 9.59 Å². The molecule has 1 aromatic carbocycles. The summed E-state index contributed by atoms with van der Waals surface area (Å²) < 4.78 is 4.90. The van der Waals surface area contributed by atoms with Gasteiger partial charge in [0.2, 0.25) is 0 Å². The number of imide groups is 1. The topological polar surface area (TPSA) is 114 Å². The molecule has 0 aromatic heterocycles. The van der Waals surface area contributed by atoms with E-state index in [1.807, 2.05) is 19.2 Å². The summed E-state index contributed by atoms with van der Waals surface area (Å²) in [6.45, 7) is 3.14. The van der Waals surface area contributed by atoms with Crippen molar-refractivity contribution >= 4 is 35.4 Å². The smallest absolute Gasteiger partial charge is 0.329 e. The summed E-state index contributed by atoms with van der Waals surface area (Å²) in [6, 6.07) is 4.57. The maximum absolute atomic E-state index is 12.3. The molecule has 0 saturated heterocycles. The van der Waals surface area contributed by atoms with Gasteiger partial charge in [-0.1, -0.05) is 25.4 Å². The molecule has 1 rings (SSSR count). The molecule has 9 heteroatoms. The quantitative estimate of drug-likeness (QED) is 0.617. The van der Waals surface area contributed by atoms with Gasteiger partial charge in [-0.05, 0) is 36.6 Å². The van der Waals surface area contributed by atoms with E-state index >= 15 is 0 Å². The molecule has 8 nitrogen and oxygen atoms in total. The summed E-state index contributed by atoms with van der Waals surface area (Å²) >= 11 is 5.79. The molecule has 0 unspecified atom stereocenters. The van der Waals surface area contributed by atoms with Crippen LogP contribution in [0.1, 0.15) is 30.6 Å². The minimum absolute atomic E-state index is 0.0952. The molecule has 0 radical (unpaired) electrons. The number of hydrogen-bond acceptors (Lipinski definition) is 5. The normalized spacial score (nSPS) is 11.4. The summed E-state index contributed by atoms with van der Waals surface area (Å²) in [5.74, 6) is -1.89. The number of esters is 1. The second-order valence-corrected chi connectivity index (χ2v) is 6.33. The summed E-state index contributed by atoms with van der Waals surface area (Å²) in [5, 5.41) is 7.25. The molecule has 3 N–H and O–H groups in total. The van der Waals surface area contributed by atoms with Crippen molar-refractivity contribution in [1.82, 2.24) is 16.0 Å². The van der Waals surface area contributed by atoms with Crippen LogP contribution < -0.4 is 16.0 Å². The van der Waals surface area contributed by atoms with Crippen molar-refractivity contribution in [3.05, 3.63) is 34.9 Å². The van der Waals surface area contributed by atoms with Gasteiger partial charge < -0.3 is 15.4 Å². The van der Waals surface area contributed by atoms with Crippen molar-refractivity contribution in [2.45, 2.75) is 26.3 Å². The van der Waals surface area contributed by atoms with Crippen LogP contribution in [0.2, 0.25) is 5.02 Å². The first kappa shape index (κ1) is 21.4. The van der Waals surface area contributed by atoms with Crippen molar-refractivity contribution in [3.63, 3.8) is 0 Å². The lowest BCUT2D eigenvalue weighted by Gasteiger charge is -2.19. The second kappa shape index (κ2) is 10.4. The summed E-state index contributed by atoms with van der Waals surface area (Å²) in [4.78, 5) is 47.0. The Morgan fingerprint density at radius 2 is 1.73 bits per heavy atom. The van der Waals surface area contributed by atoms with Crippen molar-refractivity contribution in [3.8, 4) is 0 Å². The number of amides is 4. The molecule has 0 saturated carbocycles. The number of carbonyl (C=O) groups is 4. The second-order valence-electron chi connectivity index (χ2n) is 5.90. The third kappa shape index (κ3) is 7.52. The summed E-state index contributed by atoms with van der Waals surface area (Å²) in [6.07, 6.45) is 0.329. The number of hydrogen-bond donors (Lipinski definition) is 3. The van der Waals surface area contributed by atoms with Crippen LogP contribution in [0.4, 0.5) is 4.79 Å². The fourth-order valence-corrected chi connectivity index (χ4v) is 2.12. The Morgan fingerprint density at radius 1 is 1.12 bits per heavy atom. The zero-order valence-electron chi connectivity index (χ0n) is 14.8. The number of benzene rings is 1. The average molecular weight is 384 g/mol. The number of urea groups is 1. The van der Waals surface area contributed by atoms with Crippen LogP contribution in [-0.4, -0.2) is 43.5 Å². The minimum atomic E-state index is -0.925. The lowest BCUT2D eigenvalue weighted by Crippen LogP contribution is -2.44. The molecule has 142 valence electrons. The van der Waals surface area contributed by atoms with Crippen LogP contribution in [-0.2, 0) is 14.3 Å². The molecule has 0 heterocycles. The summed E-state index contributed by atoms with van der Waals surface area (Å²) in [7, 11) is 1.35. The Labute approximate surface area is 156 Å². The molecular weight excluding hydrogens is 362 g/mol. The molecule has 4 amide bonds. The van der Waals surface area contributed by atoms with Gasteiger partial charge in [-0.3, -0.25) is 14.9 Å².